The van der Waals surface area contributed by atoms with Crippen molar-refractivity contribution in [2.45, 2.75) is 13.5 Å². The minimum Gasteiger partial charge on any atom is -0.348 e. The first-order valence-corrected chi connectivity index (χ1v) is 9.05. The van der Waals surface area contributed by atoms with Gasteiger partial charge in [-0.25, -0.2) is 4.98 Å². The summed E-state index contributed by atoms with van der Waals surface area (Å²) >= 11 is 5.98. The van der Waals surface area contributed by atoms with Crippen molar-refractivity contribution in [2.24, 2.45) is 0 Å². The molecule has 5 heteroatoms. The van der Waals surface area contributed by atoms with Crippen LogP contribution in [-0.2, 0) is 6.54 Å². The van der Waals surface area contributed by atoms with Gasteiger partial charge in [0.05, 0.1) is 11.0 Å². The number of rotatable bonds is 4. The molecule has 1 aromatic heterocycles. The Labute approximate surface area is 162 Å². The number of carbonyl (C=O) groups excluding carboxylic acids is 1. The highest BCUT2D eigenvalue weighted by Gasteiger charge is 2.11. The van der Waals surface area contributed by atoms with E-state index in [1.165, 1.54) is 0 Å². The average Bonchev–Trinajstić information content (AvgIpc) is 3.11. The quantitative estimate of drug-likeness (QED) is 0.550. The zero-order chi connectivity index (χ0) is 18.8. The van der Waals surface area contributed by atoms with Crippen LogP contribution in [0.4, 0.5) is 0 Å². The van der Waals surface area contributed by atoms with Crippen molar-refractivity contribution in [3.63, 3.8) is 0 Å². The molecule has 134 valence electrons. The summed E-state index contributed by atoms with van der Waals surface area (Å²) in [4.78, 5) is 17.1. The van der Waals surface area contributed by atoms with Gasteiger partial charge in [-0.1, -0.05) is 35.9 Å². The smallest absolute Gasteiger partial charge is 0.251 e. The number of halogens is 1. The van der Waals surface area contributed by atoms with Crippen LogP contribution in [0.15, 0.2) is 73.1 Å². The lowest BCUT2D eigenvalue weighted by molar-refractivity contribution is 0.0951. The fraction of sp³-hybridized carbons (Fsp3) is 0.0909. The number of nitrogens with one attached hydrogen (secondary N) is 1. The Morgan fingerprint density at radius 1 is 1.07 bits per heavy atom. The first-order valence-electron chi connectivity index (χ1n) is 8.67. The standard InChI is InChI=1S/C22H18ClN3O/c1-15-4-2-3-5-17(15)13-24-22(27)16-6-11-20-21(12-16)26(14-25-20)19-9-7-18(23)8-10-19/h2-12,14H,13H2,1H3,(H,24,27). The van der Waals surface area contributed by atoms with Gasteiger partial charge in [-0.2, -0.15) is 0 Å². The highest BCUT2D eigenvalue weighted by molar-refractivity contribution is 6.30. The molecule has 4 rings (SSSR count). The molecule has 3 aromatic carbocycles. The maximum absolute atomic E-state index is 12.6. The normalized spacial score (nSPS) is 10.9. The Hall–Kier alpha value is -3.11. The van der Waals surface area contributed by atoms with Crippen LogP contribution in [-0.4, -0.2) is 15.5 Å². The Balaban J connectivity index is 1.61. The largest absolute Gasteiger partial charge is 0.348 e. The van der Waals surface area contributed by atoms with Crippen molar-refractivity contribution >= 4 is 28.5 Å². The maximum atomic E-state index is 12.6. The Bertz CT molecular complexity index is 1120. The van der Waals surface area contributed by atoms with E-state index in [0.29, 0.717) is 17.1 Å². The van der Waals surface area contributed by atoms with Crippen molar-refractivity contribution in [3.8, 4) is 5.69 Å². The molecule has 1 N–H and O–H groups in total. The maximum Gasteiger partial charge on any atom is 0.251 e. The van der Waals surface area contributed by atoms with Crippen LogP contribution in [0.5, 0.6) is 0 Å². The first-order chi connectivity index (χ1) is 13.1. The molecule has 0 bridgehead atoms. The molecule has 0 unspecified atom stereocenters. The second kappa shape index (κ2) is 7.25. The summed E-state index contributed by atoms with van der Waals surface area (Å²) in [7, 11) is 0. The summed E-state index contributed by atoms with van der Waals surface area (Å²) in [5, 5.41) is 3.67. The summed E-state index contributed by atoms with van der Waals surface area (Å²) < 4.78 is 1.95. The first kappa shape index (κ1) is 17.3. The molecule has 0 fully saturated rings. The van der Waals surface area contributed by atoms with Gasteiger partial charge < -0.3 is 5.32 Å². The lowest BCUT2D eigenvalue weighted by atomic mass is 10.1. The summed E-state index contributed by atoms with van der Waals surface area (Å²) in [6.45, 7) is 2.54. The van der Waals surface area contributed by atoms with Crippen molar-refractivity contribution < 1.29 is 4.79 Å². The minimum absolute atomic E-state index is 0.107. The van der Waals surface area contributed by atoms with Crippen molar-refractivity contribution in [3.05, 3.63) is 94.8 Å². The van der Waals surface area contributed by atoms with E-state index in [1.54, 1.807) is 12.4 Å². The Kier molecular flexibility index (Phi) is 4.65. The van der Waals surface area contributed by atoms with Crippen molar-refractivity contribution in [1.29, 1.82) is 0 Å². The average molecular weight is 376 g/mol. The summed E-state index contributed by atoms with van der Waals surface area (Å²) in [6.07, 6.45) is 1.75. The Morgan fingerprint density at radius 3 is 2.63 bits per heavy atom. The third-order valence-corrected chi connectivity index (χ3v) is 4.87. The van der Waals surface area contributed by atoms with Gasteiger partial charge in [0.15, 0.2) is 0 Å². The summed E-state index contributed by atoms with van der Waals surface area (Å²) in [6, 6.07) is 21.1. The Morgan fingerprint density at radius 2 is 1.85 bits per heavy atom. The van der Waals surface area contributed by atoms with Crippen LogP contribution in [0.25, 0.3) is 16.7 Å². The van der Waals surface area contributed by atoms with Gasteiger partial charge in [0, 0.05) is 22.8 Å². The summed E-state index contributed by atoms with van der Waals surface area (Å²) in [5.41, 5.74) is 5.53. The molecule has 1 heterocycles. The van der Waals surface area contributed by atoms with E-state index in [9.17, 15) is 4.79 Å². The number of hydrogen-bond acceptors (Lipinski definition) is 2. The van der Waals surface area contributed by atoms with Gasteiger partial charge in [-0.05, 0) is 60.5 Å². The molecule has 0 aliphatic rings. The zero-order valence-corrected chi connectivity index (χ0v) is 15.6. The van der Waals surface area contributed by atoms with E-state index in [0.717, 1.165) is 27.8 Å². The number of fused-ring (bicyclic) bond motifs is 1. The van der Waals surface area contributed by atoms with Gasteiger partial charge in [0.1, 0.15) is 6.33 Å². The van der Waals surface area contributed by atoms with Gasteiger partial charge >= 0.3 is 0 Å². The number of imidazole rings is 1. The van der Waals surface area contributed by atoms with Gasteiger partial charge in [-0.3, -0.25) is 9.36 Å². The molecule has 0 saturated carbocycles. The number of aromatic nitrogens is 2. The molecule has 0 atom stereocenters. The molecule has 0 radical (unpaired) electrons. The second-order valence-electron chi connectivity index (χ2n) is 6.40. The number of benzene rings is 3. The van der Waals surface area contributed by atoms with E-state index in [4.69, 9.17) is 11.6 Å². The summed E-state index contributed by atoms with van der Waals surface area (Å²) in [5.74, 6) is -0.107. The topological polar surface area (TPSA) is 46.9 Å². The highest BCUT2D eigenvalue weighted by atomic mass is 35.5. The lowest BCUT2D eigenvalue weighted by Crippen LogP contribution is -2.23. The van der Waals surface area contributed by atoms with Crippen molar-refractivity contribution in [2.75, 3.05) is 0 Å². The van der Waals surface area contributed by atoms with Gasteiger partial charge in [0.2, 0.25) is 0 Å². The predicted octanol–water partition coefficient (Wildman–Crippen LogP) is 4.92. The molecule has 0 spiro atoms. The van der Waals surface area contributed by atoms with Crippen LogP contribution in [0, 0.1) is 6.92 Å². The third-order valence-electron chi connectivity index (χ3n) is 4.61. The molecule has 0 saturated heterocycles. The molecule has 27 heavy (non-hydrogen) atoms. The van der Waals surface area contributed by atoms with E-state index >= 15 is 0 Å². The monoisotopic (exact) mass is 375 g/mol. The second-order valence-corrected chi connectivity index (χ2v) is 6.84. The van der Waals surface area contributed by atoms with Gasteiger partial charge in [0.25, 0.3) is 5.91 Å². The minimum atomic E-state index is -0.107. The molecule has 0 aliphatic heterocycles. The third kappa shape index (κ3) is 3.57. The number of nitrogens with zero attached hydrogens (tertiary/aromatic N) is 2. The van der Waals surface area contributed by atoms with Gasteiger partial charge in [-0.15, -0.1) is 0 Å². The van der Waals surface area contributed by atoms with E-state index < -0.39 is 0 Å². The van der Waals surface area contributed by atoms with E-state index in [-0.39, 0.29) is 5.91 Å². The highest BCUT2D eigenvalue weighted by Crippen LogP contribution is 2.21. The molecule has 0 aliphatic carbocycles. The number of hydrogen-bond donors (Lipinski definition) is 1. The molecule has 4 nitrogen and oxygen atoms in total. The molecular formula is C22H18ClN3O. The van der Waals surface area contributed by atoms with E-state index in [1.807, 2.05) is 72.2 Å². The van der Waals surface area contributed by atoms with Crippen LogP contribution in [0.3, 0.4) is 0 Å². The zero-order valence-electron chi connectivity index (χ0n) is 14.8. The predicted molar refractivity (Wildman–Crippen MR) is 108 cm³/mol. The number of amides is 1. The van der Waals surface area contributed by atoms with Crippen LogP contribution in [0.2, 0.25) is 5.02 Å². The lowest BCUT2D eigenvalue weighted by Gasteiger charge is -2.09. The van der Waals surface area contributed by atoms with E-state index in [2.05, 4.69) is 10.3 Å². The van der Waals surface area contributed by atoms with Crippen LogP contribution >= 0.6 is 11.6 Å². The number of carbonyl (C=O) groups is 1. The molecular weight excluding hydrogens is 358 g/mol. The van der Waals surface area contributed by atoms with Crippen LogP contribution < -0.4 is 5.32 Å². The fourth-order valence-electron chi connectivity index (χ4n) is 3.04. The van der Waals surface area contributed by atoms with Crippen molar-refractivity contribution in [1.82, 2.24) is 14.9 Å². The number of aryl methyl sites for hydroxylation is 1. The fourth-order valence-corrected chi connectivity index (χ4v) is 3.17. The molecule has 1 amide bonds. The SMILES string of the molecule is Cc1ccccc1CNC(=O)c1ccc2ncn(-c3ccc(Cl)cc3)c2c1. The molecule has 4 aromatic rings. The van der Waals surface area contributed by atoms with Crippen LogP contribution in [0.1, 0.15) is 21.5 Å².